The van der Waals surface area contributed by atoms with Gasteiger partial charge < -0.3 is 10.4 Å². The largest absolute Gasteiger partial charge is 0.392 e. The first-order valence-corrected chi connectivity index (χ1v) is 10.6. The zero-order chi connectivity index (χ0) is 17.9. The zero-order valence-electron chi connectivity index (χ0n) is 16.5. The van der Waals surface area contributed by atoms with Crippen molar-refractivity contribution in [3.8, 4) is 0 Å². The summed E-state index contributed by atoms with van der Waals surface area (Å²) in [6.07, 6.45) is 20.3. The van der Waals surface area contributed by atoms with Crippen LogP contribution in [0.2, 0.25) is 0 Å². The molecule has 2 N–H and O–H groups in total. The highest BCUT2D eigenvalue weighted by atomic mass is 16.3. The molecule has 0 saturated heterocycles. The molecule has 1 atom stereocenters. The lowest BCUT2D eigenvalue weighted by Gasteiger charge is -2.07. The lowest BCUT2D eigenvalue weighted by atomic mass is 10.0. The van der Waals surface area contributed by atoms with Gasteiger partial charge >= 0.3 is 0 Å². The van der Waals surface area contributed by atoms with E-state index < -0.39 is 6.10 Å². The van der Waals surface area contributed by atoms with Crippen LogP contribution in [0.15, 0.2) is 0 Å². The Hall–Kier alpha value is -0.570. The van der Waals surface area contributed by atoms with Gasteiger partial charge in [-0.3, -0.25) is 4.79 Å². The Bertz CT molecular complexity index is 267. The van der Waals surface area contributed by atoms with Gasteiger partial charge in [-0.1, -0.05) is 96.8 Å². The molecule has 0 unspecified atom stereocenters. The van der Waals surface area contributed by atoms with Crippen LogP contribution in [0, 0.1) is 0 Å². The summed E-state index contributed by atoms with van der Waals surface area (Å²) in [5.41, 5.74) is 0. The maximum absolute atomic E-state index is 11.5. The summed E-state index contributed by atoms with van der Waals surface area (Å²) in [7, 11) is 0. The van der Waals surface area contributed by atoms with Crippen molar-refractivity contribution in [3.63, 3.8) is 0 Å². The highest BCUT2D eigenvalue weighted by molar-refractivity contribution is 5.75. The van der Waals surface area contributed by atoms with Crippen molar-refractivity contribution in [2.75, 3.05) is 6.54 Å². The Kier molecular flexibility index (Phi) is 18.3. The Morgan fingerprint density at radius 3 is 1.50 bits per heavy atom. The maximum atomic E-state index is 11.5. The summed E-state index contributed by atoms with van der Waals surface area (Å²) in [6, 6.07) is 0. The van der Waals surface area contributed by atoms with Gasteiger partial charge in [0.15, 0.2) is 0 Å². The van der Waals surface area contributed by atoms with Gasteiger partial charge in [0.1, 0.15) is 0 Å². The van der Waals surface area contributed by atoms with E-state index in [0.717, 1.165) is 12.8 Å². The second kappa shape index (κ2) is 18.8. The number of carbonyl (C=O) groups is 1. The third kappa shape index (κ3) is 19.5. The first-order valence-electron chi connectivity index (χ1n) is 10.6. The van der Waals surface area contributed by atoms with Crippen molar-refractivity contribution in [2.24, 2.45) is 0 Å². The fourth-order valence-electron chi connectivity index (χ4n) is 3.01. The molecular formula is C21H43NO2. The number of aliphatic hydroxyl groups excluding tert-OH is 1. The molecule has 0 bridgehead atoms. The molecule has 0 aliphatic rings. The number of aliphatic hydroxyl groups is 1. The van der Waals surface area contributed by atoms with E-state index in [9.17, 15) is 4.79 Å². The smallest absolute Gasteiger partial charge is 0.220 e. The Morgan fingerprint density at radius 1 is 0.750 bits per heavy atom. The van der Waals surface area contributed by atoms with Gasteiger partial charge in [0.25, 0.3) is 0 Å². The average molecular weight is 342 g/mol. The van der Waals surface area contributed by atoms with Crippen molar-refractivity contribution >= 4 is 5.91 Å². The highest BCUT2D eigenvalue weighted by Crippen LogP contribution is 2.13. The van der Waals surface area contributed by atoms with Crippen LogP contribution in [0.5, 0.6) is 0 Å². The van der Waals surface area contributed by atoms with Gasteiger partial charge in [0.05, 0.1) is 6.10 Å². The van der Waals surface area contributed by atoms with Crippen LogP contribution >= 0.6 is 0 Å². The molecule has 0 fully saturated rings. The fourth-order valence-corrected chi connectivity index (χ4v) is 3.01. The number of rotatable bonds is 18. The highest BCUT2D eigenvalue weighted by Gasteiger charge is 2.02. The third-order valence-corrected chi connectivity index (χ3v) is 4.60. The topological polar surface area (TPSA) is 49.3 Å². The lowest BCUT2D eigenvalue weighted by molar-refractivity contribution is -0.121. The summed E-state index contributed by atoms with van der Waals surface area (Å²) in [5.74, 6) is 0.0746. The van der Waals surface area contributed by atoms with Crippen LogP contribution in [-0.4, -0.2) is 23.7 Å². The maximum Gasteiger partial charge on any atom is 0.220 e. The molecule has 24 heavy (non-hydrogen) atoms. The molecule has 0 aromatic rings. The molecule has 0 rings (SSSR count). The van der Waals surface area contributed by atoms with Gasteiger partial charge in [0, 0.05) is 13.0 Å². The normalized spacial score (nSPS) is 12.3. The lowest BCUT2D eigenvalue weighted by Crippen LogP contribution is -2.30. The first-order chi connectivity index (χ1) is 11.7. The molecule has 144 valence electrons. The molecule has 0 aromatic heterocycles. The first kappa shape index (κ1) is 23.4. The second-order valence-corrected chi connectivity index (χ2v) is 7.35. The minimum atomic E-state index is -0.449. The van der Waals surface area contributed by atoms with E-state index in [1.165, 1.54) is 83.5 Å². The van der Waals surface area contributed by atoms with E-state index in [0.29, 0.717) is 13.0 Å². The number of unbranched alkanes of at least 4 members (excludes halogenated alkanes) is 14. The van der Waals surface area contributed by atoms with Crippen molar-refractivity contribution in [3.05, 3.63) is 0 Å². The number of carbonyl (C=O) groups excluding carboxylic acids is 1. The summed E-state index contributed by atoms with van der Waals surface area (Å²) >= 11 is 0. The van der Waals surface area contributed by atoms with E-state index in [1.807, 2.05) is 0 Å². The number of hydrogen-bond acceptors (Lipinski definition) is 2. The molecule has 0 aromatic carbocycles. The second-order valence-electron chi connectivity index (χ2n) is 7.35. The SMILES string of the molecule is CCCCCCCCCCCCCCCCCC(=O)NC[C@H](C)O. The molecule has 0 spiro atoms. The molecule has 0 saturated carbocycles. The minimum Gasteiger partial charge on any atom is -0.392 e. The number of nitrogens with one attached hydrogen (secondary N) is 1. The predicted molar refractivity (Wildman–Crippen MR) is 104 cm³/mol. The van der Waals surface area contributed by atoms with Crippen LogP contribution in [0.3, 0.4) is 0 Å². The summed E-state index contributed by atoms with van der Waals surface area (Å²) in [6.45, 7) is 4.34. The van der Waals surface area contributed by atoms with Crippen molar-refractivity contribution in [2.45, 2.75) is 123 Å². The van der Waals surface area contributed by atoms with Gasteiger partial charge in [-0.05, 0) is 13.3 Å². The van der Waals surface area contributed by atoms with Gasteiger partial charge in [-0.2, -0.15) is 0 Å². The summed E-state index contributed by atoms with van der Waals surface area (Å²) in [4.78, 5) is 11.5. The van der Waals surface area contributed by atoms with E-state index in [4.69, 9.17) is 5.11 Å². The average Bonchev–Trinajstić information content (AvgIpc) is 2.56. The summed E-state index contributed by atoms with van der Waals surface area (Å²) < 4.78 is 0. The number of amides is 1. The van der Waals surface area contributed by atoms with Gasteiger partial charge in [-0.25, -0.2) is 0 Å². The molecule has 3 nitrogen and oxygen atoms in total. The molecule has 0 aliphatic heterocycles. The molecule has 0 aliphatic carbocycles. The van der Waals surface area contributed by atoms with E-state index in [2.05, 4.69) is 12.2 Å². The van der Waals surface area contributed by atoms with E-state index in [1.54, 1.807) is 6.92 Å². The van der Waals surface area contributed by atoms with Crippen LogP contribution in [0.4, 0.5) is 0 Å². The van der Waals surface area contributed by atoms with Gasteiger partial charge in [0.2, 0.25) is 5.91 Å². The standard InChI is InChI=1S/C21H43NO2/c1-3-4-5-6-7-8-9-10-11-12-13-14-15-16-17-18-21(24)22-19-20(2)23/h20,23H,3-19H2,1-2H3,(H,22,24)/t20-/m0/s1. The monoisotopic (exact) mass is 341 g/mol. The summed E-state index contributed by atoms with van der Waals surface area (Å²) in [5, 5.41) is 11.8. The van der Waals surface area contributed by atoms with Crippen LogP contribution in [-0.2, 0) is 4.79 Å². The van der Waals surface area contributed by atoms with Crippen molar-refractivity contribution in [1.29, 1.82) is 0 Å². The fraction of sp³-hybridized carbons (Fsp3) is 0.952. The Balaban J connectivity index is 3.08. The molecular weight excluding hydrogens is 298 g/mol. The minimum absolute atomic E-state index is 0.0746. The Labute approximate surface area is 151 Å². The molecule has 3 heteroatoms. The van der Waals surface area contributed by atoms with Crippen LogP contribution in [0.25, 0.3) is 0 Å². The van der Waals surface area contributed by atoms with Crippen molar-refractivity contribution < 1.29 is 9.90 Å². The molecule has 0 radical (unpaired) electrons. The van der Waals surface area contributed by atoms with Gasteiger partial charge in [-0.15, -0.1) is 0 Å². The van der Waals surface area contributed by atoms with E-state index in [-0.39, 0.29) is 5.91 Å². The van der Waals surface area contributed by atoms with E-state index >= 15 is 0 Å². The molecule has 1 amide bonds. The third-order valence-electron chi connectivity index (χ3n) is 4.60. The quantitative estimate of drug-likeness (QED) is 0.312. The Morgan fingerprint density at radius 2 is 1.12 bits per heavy atom. The van der Waals surface area contributed by atoms with Crippen LogP contribution < -0.4 is 5.32 Å². The number of hydrogen-bond donors (Lipinski definition) is 2. The van der Waals surface area contributed by atoms with Crippen LogP contribution in [0.1, 0.15) is 117 Å². The van der Waals surface area contributed by atoms with Crippen molar-refractivity contribution in [1.82, 2.24) is 5.32 Å². The zero-order valence-corrected chi connectivity index (χ0v) is 16.5. The predicted octanol–water partition coefficient (Wildman–Crippen LogP) is 5.74. The molecule has 0 heterocycles.